The van der Waals surface area contributed by atoms with Crippen molar-refractivity contribution in [1.82, 2.24) is 5.32 Å². The van der Waals surface area contributed by atoms with Crippen LogP contribution in [-0.4, -0.2) is 13.6 Å². The lowest BCUT2D eigenvalue weighted by Crippen LogP contribution is -2.49. The molecule has 0 saturated heterocycles. The summed E-state index contributed by atoms with van der Waals surface area (Å²) in [6.45, 7) is 12.7. The van der Waals surface area contributed by atoms with Crippen molar-refractivity contribution in [1.29, 1.82) is 0 Å². The van der Waals surface area contributed by atoms with Crippen molar-refractivity contribution in [2.24, 2.45) is 11.8 Å². The summed E-state index contributed by atoms with van der Waals surface area (Å²) < 4.78 is 0. The van der Waals surface area contributed by atoms with Crippen LogP contribution in [0.15, 0.2) is 24.3 Å². The summed E-state index contributed by atoms with van der Waals surface area (Å²) in [5, 5.41) is 3.41. The van der Waals surface area contributed by atoms with Gasteiger partial charge in [0.25, 0.3) is 0 Å². The Balaban J connectivity index is 2.20. The van der Waals surface area contributed by atoms with Gasteiger partial charge in [-0.25, -0.2) is 0 Å². The second-order valence-electron chi connectivity index (χ2n) is 8.05. The average Bonchev–Trinajstić information content (AvgIpc) is 2.32. The summed E-state index contributed by atoms with van der Waals surface area (Å²) in [7, 11) is 2.08. The van der Waals surface area contributed by atoms with Crippen molar-refractivity contribution in [2.75, 3.05) is 13.6 Å². The number of rotatable bonds is 4. The zero-order chi connectivity index (χ0) is 15.0. The van der Waals surface area contributed by atoms with E-state index in [9.17, 15) is 0 Å². The lowest BCUT2D eigenvalue weighted by molar-refractivity contribution is 0.0996. The molecule has 1 heteroatoms. The minimum Gasteiger partial charge on any atom is -0.319 e. The van der Waals surface area contributed by atoms with Crippen LogP contribution in [0.5, 0.6) is 0 Å². The van der Waals surface area contributed by atoms with E-state index in [1.807, 2.05) is 0 Å². The maximum atomic E-state index is 3.41. The van der Waals surface area contributed by atoms with E-state index in [0.29, 0.717) is 5.41 Å². The third kappa shape index (κ3) is 2.93. The highest BCUT2D eigenvalue weighted by molar-refractivity contribution is 5.34. The van der Waals surface area contributed by atoms with Crippen LogP contribution in [0.25, 0.3) is 0 Å². The van der Waals surface area contributed by atoms with Crippen LogP contribution in [0.2, 0.25) is 0 Å². The van der Waals surface area contributed by atoms with Gasteiger partial charge >= 0.3 is 0 Å². The van der Waals surface area contributed by atoms with Crippen molar-refractivity contribution in [3.05, 3.63) is 35.4 Å². The van der Waals surface area contributed by atoms with Gasteiger partial charge in [-0.3, -0.25) is 0 Å². The molecule has 0 spiro atoms. The van der Waals surface area contributed by atoms with Crippen molar-refractivity contribution in [3.8, 4) is 0 Å². The molecule has 1 fully saturated rings. The maximum Gasteiger partial charge on any atom is 0.00831 e. The molecule has 1 aliphatic carbocycles. The quantitative estimate of drug-likeness (QED) is 0.851. The number of hydrogen-bond donors (Lipinski definition) is 1. The first-order valence-electron chi connectivity index (χ1n) is 8.04. The molecule has 0 aromatic heterocycles. The van der Waals surface area contributed by atoms with E-state index in [1.54, 1.807) is 0 Å². The first-order valence-corrected chi connectivity index (χ1v) is 8.04. The van der Waals surface area contributed by atoms with Crippen molar-refractivity contribution >= 4 is 0 Å². The summed E-state index contributed by atoms with van der Waals surface area (Å²) in [5.74, 6) is 1.71. The maximum absolute atomic E-state index is 3.41. The Morgan fingerprint density at radius 3 is 2.10 bits per heavy atom. The van der Waals surface area contributed by atoms with E-state index in [-0.39, 0.29) is 5.41 Å². The molecule has 0 heterocycles. The van der Waals surface area contributed by atoms with Crippen LogP contribution >= 0.6 is 0 Å². The molecule has 2 rings (SSSR count). The second-order valence-corrected chi connectivity index (χ2v) is 8.05. The van der Waals surface area contributed by atoms with Gasteiger partial charge < -0.3 is 5.32 Å². The van der Waals surface area contributed by atoms with Gasteiger partial charge in [0.15, 0.2) is 0 Å². The van der Waals surface area contributed by atoms with Gasteiger partial charge in [0.05, 0.1) is 0 Å². The predicted octanol–water partition coefficient (Wildman–Crippen LogP) is 4.51. The topological polar surface area (TPSA) is 12.0 Å². The molecule has 1 aliphatic rings. The van der Waals surface area contributed by atoms with Crippen molar-refractivity contribution in [2.45, 2.75) is 58.3 Å². The van der Waals surface area contributed by atoms with E-state index >= 15 is 0 Å². The summed E-state index contributed by atoms with van der Waals surface area (Å²) >= 11 is 0. The zero-order valence-electron chi connectivity index (χ0n) is 14.1. The molecule has 0 amide bonds. The van der Waals surface area contributed by atoms with Gasteiger partial charge in [0.2, 0.25) is 0 Å². The molecule has 1 aromatic carbocycles. The van der Waals surface area contributed by atoms with Gasteiger partial charge in [0.1, 0.15) is 0 Å². The first kappa shape index (κ1) is 15.6. The highest BCUT2D eigenvalue weighted by atomic mass is 14.8. The van der Waals surface area contributed by atoms with Crippen LogP contribution in [0.4, 0.5) is 0 Å². The molecule has 1 saturated carbocycles. The van der Waals surface area contributed by atoms with Gasteiger partial charge in [-0.05, 0) is 48.3 Å². The Labute approximate surface area is 125 Å². The van der Waals surface area contributed by atoms with Gasteiger partial charge in [-0.15, -0.1) is 0 Å². The molecule has 1 nitrogen and oxygen atoms in total. The summed E-state index contributed by atoms with van der Waals surface area (Å²) in [5.41, 5.74) is 3.58. The Hall–Kier alpha value is -0.820. The fourth-order valence-corrected chi connectivity index (χ4v) is 3.56. The van der Waals surface area contributed by atoms with Crippen LogP contribution in [-0.2, 0) is 10.8 Å². The van der Waals surface area contributed by atoms with E-state index in [1.165, 1.54) is 24.0 Å². The molecular weight excluding hydrogens is 242 g/mol. The molecule has 20 heavy (non-hydrogen) atoms. The fraction of sp³-hybridized carbons (Fsp3) is 0.684. The van der Waals surface area contributed by atoms with Crippen LogP contribution in [0.3, 0.4) is 0 Å². The minimum atomic E-state index is 0.245. The van der Waals surface area contributed by atoms with E-state index in [2.05, 4.69) is 71.2 Å². The number of hydrogen-bond acceptors (Lipinski definition) is 1. The third-order valence-electron chi connectivity index (χ3n) is 5.13. The summed E-state index contributed by atoms with van der Waals surface area (Å²) in [4.78, 5) is 0. The van der Waals surface area contributed by atoms with Crippen molar-refractivity contribution in [3.63, 3.8) is 0 Å². The first-order chi connectivity index (χ1) is 9.28. The van der Waals surface area contributed by atoms with Gasteiger partial charge in [-0.2, -0.15) is 0 Å². The zero-order valence-corrected chi connectivity index (χ0v) is 14.1. The predicted molar refractivity (Wildman–Crippen MR) is 88.3 cm³/mol. The molecule has 1 N–H and O–H groups in total. The fourth-order valence-electron chi connectivity index (χ4n) is 3.56. The minimum absolute atomic E-state index is 0.245. The Morgan fingerprint density at radius 1 is 1.15 bits per heavy atom. The smallest absolute Gasteiger partial charge is 0.00831 e. The Bertz CT molecular complexity index is 430. The monoisotopic (exact) mass is 273 g/mol. The SMILES string of the molecule is CNCC1(c2ccc(C(C)(C)C)cc2)CC(C(C)C)C1. The van der Waals surface area contributed by atoms with E-state index < -0.39 is 0 Å². The lowest BCUT2D eigenvalue weighted by Gasteiger charge is -2.50. The molecule has 0 unspecified atom stereocenters. The highest BCUT2D eigenvalue weighted by Crippen LogP contribution is 2.50. The Morgan fingerprint density at radius 2 is 1.70 bits per heavy atom. The molecular formula is C19H31N. The third-order valence-corrected chi connectivity index (χ3v) is 5.13. The normalized spacial score (nSPS) is 26.6. The largest absolute Gasteiger partial charge is 0.319 e. The summed E-state index contributed by atoms with van der Waals surface area (Å²) in [6, 6.07) is 9.40. The van der Waals surface area contributed by atoms with Gasteiger partial charge in [0, 0.05) is 12.0 Å². The molecule has 0 bridgehead atoms. The number of benzene rings is 1. The van der Waals surface area contributed by atoms with Gasteiger partial charge in [-0.1, -0.05) is 58.9 Å². The number of likely N-dealkylation sites (N-methyl/N-ethyl adjacent to an activating group) is 1. The van der Waals surface area contributed by atoms with Crippen LogP contribution in [0, 0.1) is 11.8 Å². The number of nitrogens with one attached hydrogen (secondary N) is 1. The molecule has 0 aliphatic heterocycles. The molecule has 0 radical (unpaired) electrons. The molecule has 1 aromatic rings. The van der Waals surface area contributed by atoms with E-state index in [4.69, 9.17) is 0 Å². The molecule has 112 valence electrons. The highest BCUT2D eigenvalue weighted by Gasteiger charge is 2.45. The van der Waals surface area contributed by atoms with Crippen molar-refractivity contribution < 1.29 is 0 Å². The molecule has 0 atom stereocenters. The Kier molecular flexibility index (Phi) is 4.30. The van der Waals surface area contributed by atoms with E-state index in [0.717, 1.165) is 18.4 Å². The lowest BCUT2D eigenvalue weighted by atomic mass is 9.55. The average molecular weight is 273 g/mol. The van der Waals surface area contributed by atoms with Crippen LogP contribution in [0.1, 0.15) is 58.6 Å². The summed E-state index contributed by atoms with van der Waals surface area (Å²) in [6.07, 6.45) is 2.67. The van der Waals surface area contributed by atoms with Crippen LogP contribution < -0.4 is 5.32 Å². The standard InChI is InChI=1S/C19H31N/c1-14(2)15-11-19(12-15,13-20-6)17-9-7-16(8-10-17)18(3,4)5/h7-10,14-15,20H,11-13H2,1-6H3. The second kappa shape index (κ2) is 5.52.